The molecule has 0 bridgehead atoms. The van der Waals surface area contributed by atoms with Crippen molar-refractivity contribution in [3.05, 3.63) is 158 Å². The third-order valence-corrected chi connectivity index (χ3v) is 14.5. The molecule has 0 fully saturated rings. The predicted octanol–water partition coefficient (Wildman–Crippen LogP) is 9.05. The van der Waals surface area contributed by atoms with Crippen molar-refractivity contribution in [1.82, 2.24) is 76.1 Å². The summed E-state index contributed by atoms with van der Waals surface area (Å²) in [7, 11) is 0. The fourth-order valence-electron chi connectivity index (χ4n) is 9.83. The van der Waals surface area contributed by atoms with E-state index in [1.807, 2.05) is 75.4 Å². The lowest BCUT2D eigenvalue weighted by atomic mass is 10.0. The number of H-pyrrole nitrogens is 6. The van der Waals surface area contributed by atoms with E-state index in [4.69, 9.17) is 28.4 Å². The van der Waals surface area contributed by atoms with Crippen molar-refractivity contribution in [3.63, 3.8) is 0 Å². The maximum absolute atomic E-state index is 12.3. The first-order valence-electron chi connectivity index (χ1n) is 30.2. The highest BCUT2D eigenvalue weighted by atomic mass is 16.5. The summed E-state index contributed by atoms with van der Waals surface area (Å²) in [5.41, 5.74) is 6.57. The van der Waals surface area contributed by atoms with E-state index < -0.39 is 52.9 Å². The summed E-state index contributed by atoms with van der Waals surface area (Å²) in [6.45, 7) is 12.1. The highest BCUT2D eigenvalue weighted by molar-refractivity contribution is 5.81. The Morgan fingerprint density at radius 3 is 0.896 bits per heavy atom. The molecule has 1 unspecified atom stereocenters. The van der Waals surface area contributed by atoms with Crippen LogP contribution in [0.25, 0.3) is 101 Å². The van der Waals surface area contributed by atoms with E-state index in [0.717, 1.165) is 33.4 Å². The van der Waals surface area contributed by atoms with Gasteiger partial charge in [0.15, 0.2) is 34.9 Å². The van der Waals surface area contributed by atoms with Gasteiger partial charge in [0.1, 0.15) is 52.0 Å². The highest BCUT2D eigenvalue weighted by Gasteiger charge is 2.23. The lowest BCUT2D eigenvalue weighted by Gasteiger charge is -2.15. The number of aliphatic carboxylic acids is 3. The molecule has 0 spiro atoms. The highest BCUT2D eigenvalue weighted by Crippen LogP contribution is 2.38. The molecule has 30 nitrogen and oxygen atoms in total. The quantitative estimate of drug-likeness (QED) is 0.0272. The SMILES string of the molecule is CCOc1cc(-c2cccc(OC(CC)C(=O)O)c2)ccc1-c1nc2n[nH]nc2c(=O)[nH]1.CCOc1cc(-c2cccc(O[C@@H](CC)C(=O)O)c2)ccc1-c1nc2n[nH]nc2c(=O)[nH]1.CCOc1cc(-c2cccc(O[C@H](CC)C(=O)O)c2)ccc1-c1nc2n[nH]nc2c(=O)[nH]1. The molecule has 12 aromatic rings. The second-order valence-corrected chi connectivity index (χ2v) is 20.8. The number of fused-ring (bicyclic) bond motifs is 3. The van der Waals surface area contributed by atoms with Crippen LogP contribution < -0.4 is 45.1 Å². The van der Waals surface area contributed by atoms with Crippen LogP contribution >= 0.6 is 0 Å². The molecule has 30 heteroatoms. The minimum Gasteiger partial charge on any atom is -0.493 e. The molecule has 6 aromatic carbocycles. The average molecular weight is 1310 g/mol. The van der Waals surface area contributed by atoms with Gasteiger partial charge < -0.3 is 58.7 Å². The van der Waals surface area contributed by atoms with E-state index in [2.05, 4.69) is 76.1 Å². The third-order valence-electron chi connectivity index (χ3n) is 14.5. The Kier molecular flexibility index (Phi) is 20.9. The van der Waals surface area contributed by atoms with E-state index >= 15 is 0 Å². The first-order chi connectivity index (χ1) is 46.5. The number of carboxylic acid groups (broad SMARTS) is 3. The Labute approximate surface area is 543 Å². The van der Waals surface area contributed by atoms with Crippen molar-refractivity contribution in [1.29, 1.82) is 0 Å². The van der Waals surface area contributed by atoms with Crippen LogP contribution in [0, 0.1) is 0 Å². The zero-order chi connectivity index (χ0) is 68.0. The summed E-state index contributed by atoms with van der Waals surface area (Å²) >= 11 is 0. The van der Waals surface area contributed by atoms with Gasteiger partial charge in [-0.2, -0.15) is 15.6 Å². The molecule has 0 aliphatic carbocycles. The van der Waals surface area contributed by atoms with Crippen LogP contribution in [0.1, 0.15) is 60.8 Å². The molecule has 0 saturated heterocycles. The van der Waals surface area contributed by atoms with Crippen molar-refractivity contribution in [2.45, 2.75) is 79.1 Å². The Morgan fingerprint density at radius 2 is 0.646 bits per heavy atom. The van der Waals surface area contributed by atoms with Gasteiger partial charge in [-0.05, 0) is 146 Å². The van der Waals surface area contributed by atoms with Crippen molar-refractivity contribution in [3.8, 4) is 102 Å². The number of benzene rings is 6. The van der Waals surface area contributed by atoms with Gasteiger partial charge in [-0.25, -0.2) is 29.3 Å². The smallest absolute Gasteiger partial charge is 0.344 e. The Balaban J connectivity index is 0.000000157. The molecule has 96 heavy (non-hydrogen) atoms. The number of aromatic nitrogens is 15. The lowest BCUT2D eigenvalue weighted by molar-refractivity contribution is -0.146. The fraction of sp³-hybridized carbons (Fsp3) is 0.227. The fourth-order valence-corrected chi connectivity index (χ4v) is 9.83. The third kappa shape index (κ3) is 15.3. The number of carboxylic acids is 3. The molecular weight excluding hydrogens is 1240 g/mol. The van der Waals surface area contributed by atoms with Crippen LogP contribution in [-0.2, 0) is 14.4 Å². The zero-order valence-corrected chi connectivity index (χ0v) is 52.4. The Morgan fingerprint density at radius 1 is 0.375 bits per heavy atom. The van der Waals surface area contributed by atoms with Crippen molar-refractivity contribution in [2.75, 3.05) is 19.8 Å². The zero-order valence-electron chi connectivity index (χ0n) is 52.4. The number of hydrogen-bond acceptors (Lipinski definition) is 21. The topological polar surface area (TPSA) is 429 Å². The van der Waals surface area contributed by atoms with E-state index in [-0.39, 0.29) is 33.5 Å². The van der Waals surface area contributed by atoms with Crippen LogP contribution in [0.3, 0.4) is 0 Å². The summed E-state index contributed by atoms with van der Waals surface area (Å²) in [5.74, 6) is 0.883. The van der Waals surface area contributed by atoms with Crippen molar-refractivity contribution < 1.29 is 58.1 Å². The van der Waals surface area contributed by atoms with Gasteiger partial charge in [0.2, 0.25) is 16.9 Å². The van der Waals surface area contributed by atoms with E-state index in [1.165, 1.54) is 0 Å². The number of nitrogens with zero attached hydrogens (tertiary/aromatic N) is 9. The Bertz CT molecular complexity index is 4480. The second kappa shape index (κ2) is 30.2. The van der Waals surface area contributed by atoms with E-state index in [0.29, 0.717) is 108 Å². The van der Waals surface area contributed by atoms with Gasteiger partial charge in [-0.3, -0.25) is 14.4 Å². The number of carbonyl (C=O) groups is 3. The number of aromatic amines is 6. The van der Waals surface area contributed by atoms with Crippen molar-refractivity contribution >= 4 is 51.4 Å². The molecule has 0 aliphatic rings. The monoisotopic (exact) mass is 1310 g/mol. The molecule has 0 aliphatic heterocycles. The van der Waals surface area contributed by atoms with Gasteiger partial charge in [-0.15, -0.1) is 30.6 Å². The molecule has 0 amide bonds. The van der Waals surface area contributed by atoms with Crippen molar-refractivity contribution in [2.24, 2.45) is 0 Å². The van der Waals surface area contributed by atoms with Gasteiger partial charge in [0.05, 0.1) is 36.5 Å². The molecule has 0 saturated carbocycles. The van der Waals surface area contributed by atoms with Gasteiger partial charge in [0, 0.05) is 0 Å². The van der Waals surface area contributed by atoms with Crippen LogP contribution in [0.4, 0.5) is 0 Å². The molecule has 492 valence electrons. The normalized spacial score (nSPS) is 11.9. The summed E-state index contributed by atoms with van der Waals surface area (Å²) in [5, 5.41) is 58.0. The average Bonchev–Trinajstić information content (AvgIpc) is 1.10. The standard InChI is InChI=1S/3C22H21N5O5/c3*1-3-16(22(29)30)32-14-7-5-6-12(10-14)13-8-9-15(17(11-13)31-4-2)19-23-20-18(21(28)24-19)25-27-26-20/h3*5-11,16H,3-4H2,1-2H3,(H,29,30)(H2,23,24,25,26,27,28)/t2*16-;/m10./s1. The summed E-state index contributed by atoms with van der Waals surface area (Å²) in [6.07, 6.45) is -1.69. The molecule has 12 rings (SSSR count). The minimum atomic E-state index is -1.01. The maximum Gasteiger partial charge on any atom is 0.344 e. The first kappa shape index (κ1) is 66.3. The minimum absolute atomic E-state index is 0.131. The molecule has 6 heterocycles. The number of hydrogen-bond donors (Lipinski definition) is 9. The van der Waals surface area contributed by atoms with Crippen LogP contribution in [0.2, 0.25) is 0 Å². The molecule has 0 radical (unpaired) electrons. The summed E-state index contributed by atoms with van der Waals surface area (Å²) in [4.78, 5) is 91.9. The van der Waals surface area contributed by atoms with Crippen LogP contribution in [0.15, 0.2) is 142 Å². The largest absolute Gasteiger partial charge is 0.493 e. The predicted molar refractivity (Wildman–Crippen MR) is 350 cm³/mol. The molecule has 3 atom stereocenters. The molecule has 9 N–H and O–H groups in total. The number of ether oxygens (including phenoxy) is 6. The molecule has 6 aromatic heterocycles. The van der Waals surface area contributed by atoms with E-state index in [9.17, 15) is 44.1 Å². The first-order valence-corrected chi connectivity index (χ1v) is 30.2. The number of rotatable bonds is 24. The van der Waals surface area contributed by atoms with Crippen LogP contribution in [-0.4, -0.2) is 147 Å². The van der Waals surface area contributed by atoms with Gasteiger partial charge >= 0.3 is 17.9 Å². The molecular formula is C66H63N15O15. The summed E-state index contributed by atoms with van der Waals surface area (Å²) < 4.78 is 34.3. The summed E-state index contributed by atoms with van der Waals surface area (Å²) in [6, 6.07) is 38.0. The Hall–Kier alpha value is -12.6. The lowest BCUT2D eigenvalue weighted by Crippen LogP contribution is -2.25. The second-order valence-electron chi connectivity index (χ2n) is 20.8. The van der Waals surface area contributed by atoms with Gasteiger partial charge in [-0.1, -0.05) is 75.4 Å². The number of nitrogens with one attached hydrogen (secondary N) is 6. The van der Waals surface area contributed by atoms with Crippen LogP contribution in [0.5, 0.6) is 34.5 Å². The van der Waals surface area contributed by atoms with E-state index in [1.54, 1.807) is 93.6 Å². The maximum atomic E-state index is 12.3. The van der Waals surface area contributed by atoms with Gasteiger partial charge in [0.25, 0.3) is 16.7 Å².